The molecule has 1 aliphatic carbocycles. The lowest BCUT2D eigenvalue weighted by Gasteiger charge is -2.38. The van der Waals surface area contributed by atoms with Crippen molar-refractivity contribution in [1.29, 1.82) is 0 Å². The van der Waals surface area contributed by atoms with Gasteiger partial charge in [-0.1, -0.05) is 19.8 Å². The normalized spacial score (nSPS) is 25.1. The molecule has 0 heterocycles. The molecule has 0 aromatic heterocycles. The van der Waals surface area contributed by atoms with Crippen LogP contribution in [0.15, 0.2) is 18.2 Å². The lowest BCUT2D eigenvalue weighted by Crippen LogP contribution is -2.39. The van der Waals surface area contributed by atoms with Gasteiger partial charge in [-0.3, -0.25) is 0 Å². The van der Waals surface area contributed by atoms with Gasteiger partial charge in [0.25, 0.3) is 0 Å². The predicted octanol–water partition coefficient (Wildman–Crippen LogP) is 3.89. The summed E-state index contributed by atoms with van der Waals surface area (Å²) in [6.45, 7) is 3.97. The summed E-state index contributed by atoms with van der Waals surface area (Å²) in [5.74, 6) is 0.357. The molecular formula is C16H24FNO. The van der Waals surface area contributed by atoms with Gasteiger partial charge in [-0.2, -0.15) is 0 Å². The van der Waals surface area contributed by atoms with Crippen LogP contribution in [0.2, 0.25) is 0 Å². The van der Waals surface area contributed by atoms with Gasteiger partial charge in [0.05, 0.1) is 6.10 Å². The van der Waals surface area contributed by atoms with Gasteiger partial charge in [0.2, 0.25) is 0 Å². The van der Waals surface area contributed by atoms with Gasteiger partial charge in [0.1, 0.15) is 5.82 Å². The average molecular weight is 265 g/mol. The van der Waals surface area contributed by atoms with Crippen molar-refractivity contribution in [2.24, 2.45) is 5.92 Å². The zero-order chi connectivity index (χ0) is 14.0. The molecule has 3 atom stereocenters. The fraction of sp³-hybridized carbons (Fsp3) is 0.625. The van der Waals surface area contributed by atoms with E-state index in [4.69, 9.17) is 0 Å². The van der Waals surface area contributed by atoms with E-state index in [1.807, 2.05) is 0 Å². The van der Waals surface area contributed by atoms with E-state index >= 15 is 0 Å². The van der Waals surface area contributed by atoms with E-state index in [-0.39, 0.29) is 5.82 Å². The van der Waals surface area contributed by atoms with Crippen LogP contribution in [0, 0.1) is 11.7 Å². The minimum atomic E-state index is -0.646. The molecule has 1 saturated carbocycles. The first-order valence-corrected chi connectivity index (χ1v) is 7.21. The molecule has 1 aromatic rings. The molecule has 1 aromatic carbocycles. The molecule has 3 heteroatoms. The molecule has 1 aliphatic rings. The number of anilines is 1. The highest BCUT2D eigenvalue weighted by molar-refractivity contribution is 5.55. The highest BCUT2D eigenvalue weighted by atomic mass is 19.1. The third-order valence-corrected chi connectivity index (χ3v) is 4.38. The fourth-order valence-electron chi connectivity index (χ4n) is 3.23. The molecular weight excluding hydrogens is 241 g/mol. The second kappa shape index (κ2) is 5.91. The Kier molecular flexibility index (Phi) is 4.46. The number of halogens is 1. The first-order valence-electron chi connectivity index (χ1n) is 7.21. The van der Waals surface area contributed by atoms with E-state index < -0.39 is 6.10 Å². The van der Waals surface area contributed by atoms with Crippen LogP contribution >= 0.6 is 0 Å². The third-order valence-electron chi connectivity index (χ3n) is 4.38. The van der Waals surface area contributed by atoms with Crippen molar-refractivity contribution in [2.45, 2.75) is 51.7 Å². The number of benzene rings is 1. The Hall–Kier alpha value is -1.09. The standard InChI is InChI=1S/C16H24FNO/c1-11-6-4-5-7-15(11)18(3)16-9-8-13(17)10-14(16)12(2)19/h8-12,15,19H,4-7H2,1-3H3/t11?,12-,15?/m0/s1. The van der Waals surface area contributed by atoms with Crippen molar-refractivity contribution in [3.05, 3.63) is 29.6 Å². The maximum absolute atomic E-state index is 13.4. The van der Waals surface area contributed by atoms with Crippen molar-refractivity contribution in [3.63, 3.8) is 0 Å². The van der Waals surface area contributed by atoms with Gasteiger partial charge in [-0.25, -0.2) is 4.39 Å². The molecule has 0 spiro atoms. The number of aliphatic hydroxyl groups excluding tert-OH is 1. The zero-order valence-electron chi connectivity index (χ0n) is 12.1. The van der Waals surface area contributed by atoms with Crippen LogP contribution in [-0.4, -0.2) is 18.2 Å². The van der Waals surface area contributed by atoms with E-state index in [2.05, 4.69) is 18.9 Å². The monoisotopic (exact) mass is 265 g/mol. The van der Waals surface area contributed by atoms with Crippen LogP contribution in [0.5, 0.6) is 0 Å². The van der Waals surface area contributed by atoms with Gasteiger partial charge in [-0.15, -0.1) is 0 Å². The average Bonchev–Trinajstić information content (AvgIpc) is 2.38. The molecule has 106 valence electrons. The summed E-state index contributed by atoms with van der Waals surface area (Å²) in [5.41, 5.74) is 1.63. The number of hydrogen-bond donors (Lipinski definition) is 1. The van der Waals surface area contributed by atoms with Crippen LogP contribution in [-0.2, 0) is 0 Å². The number of rotatable bonds is 3. The fourth-order valence-corrected chi connectivity index (χ4v) is 3.23. The molecule has 0 saturated heterocycles. The Morgan fingerprint density at radius 1 is 1.32 bits per heavy atom. The van der Waals surface area contributed by atoms with Gasteiger partial charge in [0, 0.05) is 24.3 Å². The summed E-state index contributed by atoms with van der Waals surface area (Å²) in [6, 6.07) is 5.20. The van der Waals surface area contributed by atoms with Crippen molar-refractivity contribution >= 4 is 5.69 Å². The van der Waals surface area contributed by atoms with Crippen LogP contribution in [0.1, 0.15) is 51.2 Å². The van der Waals surface area contributed by atoms with E-state index in [0.717, 1.165) is 5.69 Å². The van der Waals surface area contributed by atoms with Crippen LogP contribution < -0.4 is 4.90 Å². The summed E-state index contributed by atoms with van der Waals surface area (Å²) in [6.07, 6.45) is 4.34. The Morgan fingerprint density at radius 3 is 2.63 bits per heavy atom. The summed E-state index contributed by atoms with van der Waals surface area (Å²) < 4.78 is 13.4. The maximum atomic E-state index is 13.4. The van der Waals surface area contributed by atoms with E-state index in [1.54, 1.807) is 13.0 Å². The minimum absolute atomic E-state index is 0.287. The molecule has 0 amide bonds. The van der Waals surface area contributed by atoms with E-state index in [9.17, 15) is 9.50 Å². The van der Waals surface area contributed by atoms with Crippen molar-refractivity contribution in [3.8, 4) is 0 Å². The van der Waals surface area contributed by atoms with E-state index in [1.165, 1.54) is 37.8 Å². The van der Waals surface area contributed by atoms with Crippen LogP contribution in [0.4, 0.5) is 10.1 Å². The van der Waals surface area contributed by atoms with Crippen molar-refractivity contribution in [1.82, 2.24) is 0 Å². The smallest absolute Gasteiger partial charge is 0.123 e. The summed E-state index contributed by atoms with van der Waals surface area (Å²) in [5, 5.41) is 9.85. The Bertz CT molecular complexity index is 433. The molecule has 0 aliphatic heterocycles. The topological polar surface area (TPSA) is 23.5 Å². The van der Waals surface area contributed by atoms with Gasteiger partial charge < -0.3 is 10.0 Å². The number of nitrogens with zero attached hydrogens (tertiary/aromatic N) is 1. The summed E-state index contributed by atoms with van der Waals surface area (Å²) in [7, 11) is 2.06. The van der Waals surface area contributed by atoms with Crippen LogP contribution in [0.3, 0.4) is 0 Å². The minimum Gasteiger partial charge on any atom is -0.389 e. The Morgan fingerprint density at radius 2 is 2.00 bits per heavy atom. The molecule has 2 nitrogen and oxygen atoms in total. The largest absolute Gasteiger partial charge is 0.389 e. The zero-order valence-corrected chi connectivity index (χ0v) is 12.1. The third kappa shape index (κ3) is 3.08. The number of hydrogen-bond acceptors (Lipinski definition) is 2. The molecule has 1 N–H and O–H groups in total. The summed E-state index contributed by atoms with van der Waals surface area (Å²) >= 11 is 0. The quantitative estimate of drug-likeness (QED) is 0.896. The first kappa shape index (κ1) is 14.3. The van der Waals surface area contributed by atoms with Crippen molar-refractivity contribution < 1.29 is 9.50 Å². The van der Waals surface area contributed by atoms with Crippen LogP contribution in [0.25, 0.3) is 0 Å². The molecule has 2 unspecified atom stereocenters. The highest BCUT2D eigenvalue weighted by Gasteiger charge is 2.26. The SMILES string of the molecule is CC1CCCCC1N(C)c1ccc(F)cc1[C@H](C)O. The predicted molar refractivity (Wildman–Crippen MR) is 76.9 cm³/mol. The second-order valence-electron chi connectivity index (χ2n) is 5.82. The summed E-state index contributed by atoms with van der Waals surface area (Å²) in [4.78, 5) is 2.23. The van der Waals surface area contributed by atoms with Crippen molar-refractivity contribution in [2.75, 3.05) is 11.9 Å². The maximum Gasteiger partial charge on any atom is 0.123 e. The van der Waals surface area contributed by atoms with Gasteiger partial charge in [-0.05, 0) is 43.9 Å². The Balaban J connectivity index is 2.29. The van der Waals surface area contributed by atoms with E-state index in [0.29, 0.717) is 17.5 Å². The highest BCUT2D eigenvalue weighted by Crippen LogP contribution is 2.34. The molecule has 0 bridgehead atoms. The lowest BCUT2D eigenvalue weighted by atomic mass is 9.84. The number of aliphatic hydroxyl groups is 1. The molecule has 19 heavy (non-hydrogen) atoms. The lowest BCUT2D eigenvalue weighted by molar-refractivity contribution is 0.198. The molecule has 1 fully saturated rings. The first-order chi connectivity index (χ1) is 9.00. The second-order valence-corrected chi connectivity index (χ2v) is 5.82. The van der Waals surface area contributed by atoms with Gasteiger partial charge >= 0.3 is 0 Å². The van der Waals surface area contributed by atoms with Gasteiger partial charge in [0.15, 0.2) is 0 Å². The molecule has 0 radical (unpaired) electrons. The molecule has 2 rings (SSSR count). The Labute approximate surface area is 115 Å².